The van der Waals surface area contributed by atoms with Crippen LogP contribution in [-0.4, -0.2) is 47.2 Å². The molecule has 0 aromatic heterocycles. The molecule has 152 valence electrons. The standard InChI is InChI=1S/C20H27N3O5/c21-20(26)28-15-6-7-16(17(12-15)18(24)22-27)19(25)23-10-8-14(9-11-23)13-4-2-1-3-5-13/h1-5,14-17,27H,6-12H2,(H2,21,26)(H,22,24). The second-order valence-electron chi connectivity index (χ2n) is 7.57. The molecule has 4 N–H and O–H groups in total. The third-order valence-electron chi connectivity index (χ3n) is 5.93. The van der Waals surface area contributed by atoms with E-state index in [1.54, 1.807) is 5.48 Å². The molecule has 3 rings (SSSR count). The first-order valence-electron chi connectivity index (χ1n) is 9.73. The van der Waals surface area contributed by atoms with E-state index in [1.165, 1.54) is 5.56 Å². The van der Waals surface area contributed by atoms with Gasteiger partial charge < -0.3 is 15.4 Å². The van der Waals surface area contributed by atoms with Crippen LogP contribution in [0.2, 0.25) is 0 Å². The maximum atomic E-state index is 13.1. The minimum absolute atomic E-state index is 0.0716. The number of piperidine rings is 1. The van der Waals surface area contributed by atoms with Gasteiger partial charge in [0.2, 0.25) is 11.8 Å². The molecule has 2 aliphatic rings. The first-order chi connectivity index (χ1) is 13.5. The number of likely N-dealkylation sites (tertiary alicyclic amines) is 1. The SMILES string of the molecule is NC(=O)OC1CCC(C(=O)N2CCC(c3ccccc3)CC2)C(C(=O)NO)C1. The third-order valence-corrected chi connectivity index (χ3v) is 5.93. The highest BCUT2D eigenvalue weighted by molar-refractivity contribution is 5.87. The number of carbonyl (C=O) groups excluding carboxylic acids is 3. The average Bonchev–Trinajstić information content (AvgIpc) is 2.73. The van der Waals surface area contributed by atoms with Crippen LogP contribution in [0.4, 0.5) is 4.79 Å². The minimum Gasteiger partial charge on any atom is -0.446 e. The van der Waals surface area contributed by atoms with Crippen LogP contribution in [0.3, 0.4) is 0 Å². The number of hydroxylamine groups is 1. The fourth-order valence-corrected chi connectivity index (χ4v) is 4.46. The van der Waals surface area contributed by atoms with Gasteiger partial charge in [0, 0.05) is 13.1 Å². The van der Waals surface area contributed by atoms with E-state index in [-0.39, 0.29) is 12.3 Å². The molecule has 1 aromatic carbocycles. The van der Waals surface area contributed by atoms with Crippen molar-refractivity contribution in [1.82, 2.24) is 10.4 Å². The second kappa shape index (κ2) is 9.05. The van der Waals surface area contributed by atoms with E-state index < -0.39 is 29.9 Å². The molecule has 2 fully saturated rings. The number of rotatable bonds is 4. The van der Waals surface area contributed by atoms with Gasteiger partial charge in [-0.3, -0.25) is 14.8 Å². The van der Waals surface area contributed by atoms with E-state index in [2.05, 4.69) is 12.1 Å². The van der Waals surface area contributed by atoms with Gasteiger partial charge in [0.25, 0.3) is 0 Å². The highest BCUT2D eigenvalue weighted by Crippen LogP contribution is 2.35. The summed E-state index contributed by atoms with van der Waals surface area (Å²) in [6.07, 6.45) is 1.39. The van der Waals surface area contributed by atoms with Crippen molar-refractivity contribution in [2.24, 2.45) is 17.6 Å². The van der Waals surface area contributed by atoms with Gasteiger partial charge >= 0.3 is 6.09 Å². The lowest BCUT2D eigenvalue weighted by Gasteiger charge is -2.39. The maximum Gasteiger partial charge on any atom is 0.404 e. The Kier molecular flexibility index (Phi) is 6.51. The van der Waals surface area contributed by atoms with Gasteiger partial charge in [-0.05, 0) is 43.6 Å². The summed E-state index contributed by atoms with van der Waals surface area (Å²) < 4.78 is 5.01. The zero-order valence-electron chi connectivity index (χ0n) is 15.8. The lowest BCUT2D eigenvalue weighted by molar-refractivity contribution is -0.149. The average molecular weight is 389 g/mol. The van der Waals surface area contributed by atoms with Crippen LogP contribution in [0.25, 0.3) is 0 Å². The highest BCUT2D eigenvalue weighted by atomic mass is 16.6. The van der Waals surface area contributed by atoms with Gasteiger partial charge in [-0.1, -0.05) is 30.3 Å². The van der Waals surface area contributed by atoms with E-state index in [9.17, 15) is 14.4 Å². The summed E-state index contributed by atoms with van der Waals surface area (Å²) in [7, 11) is 0. The minimum atomic E-state index is -0.902. The fourth-order valence-electron chi connectivity index (χ4n) is 4.46. The molecule has 1 heterocycles. The monoisotopic (exact) mass is 389 g/mol. The van der Waals surface area contributed by atoms with Crippen molar-refractivity contribution in [1.29, 1.82) is 0 Å². The molecule has 1 aliphatic carbocycles. The number of nitrogens with zero attached hydrogens (tertiary/aromatic N) is 1. The molecule has 3 unspecified atom stereocenters. The molecule has 1 saturated heterocycles. The molecule has 8 heteroatoms. The Labute approximate surface area is 164 Å². The van der Waals surface area contributed by atoms with E-state index in [1.807, 2.05) is 23.1 Å². The Morgan fingerprint density at radius 2 is 1.71 bits per heavy atom. The number of benzene rings is 1. The zero-order chi connectivity index (χ0) is 20.1. The number of ether oxygens (including phenoxy) is 1. The molecule has 0 bridgehead atoms. The Morgan fingerprint density at radius 1 is 1.04 bits per heavy atom. The van der Waals surface area contributed by atoms with Crippen LogP contribution in [0.5, 0.6) is 0 Å². The van der Waals surface area contributed by atoms with Gasteiger partial charge in [0.05, 0.1) is 11.8 Å². The summed E-state index contributed by atoms with van der Waals surface area (Å²) in [5, 5.41) is 9.07. The van der Waals surface area contributed by atoms with Crippen LogP contribution in [-0.2, 0) is 14.3 Å². The quantitative estimate of drug-likeness (QED) is 0.535. The van der Waals surface area contributed by atoms with Gasteiger partial charge in [-0.15, -0.1) is 0 Å². The summed E-state index contributed by atoms with van der Waals surface area (Å²) in [6, 6.07) is 10.3. The van der Waals surface area contributed by atoms with Crippen molar-refractivity contribution >= 4 is 17.9 Å². The van der Waals surface area contributed by atoms with Gasteiger partial charge in [0.1, 0.15) is 6.10 Å². The van der Waals surface area contributed by atoms with Crippen molar-refractivity contribution < 1.29 is 24.3 Å². The molecule has 0 spiro atoms. The Bertz CT molecular complexity index is 703. The number of nitrogens with two attached hydrogens (primary N) is 1. The van der Waals surface area contributed by atoms with Crippen LogP contribution in [0.1, 0.15) is 43.6 Å². The Balaban J connectivity index is 1.62. The lowest BCUT2D eigenvalue weighted by Crippen LogP contribution is -2.49. The highest BCUT2D eigenvalue weighted by Gasteiger charge is 2.42. The van der Waals surface area contributed by atoms with Gasteiger partial charge in [-0.2, -0.15) is 0 Å². The predicted octanol–water partition coefficient (Wildman–Crippen LogP) is 1.78. The van der Waals surface area contributed by atoms with Crippen molar-refractivity contribution in [3.8, 4) is 0 Å². The molecule has 1 aliphatic heterocycles. The van der Waals surface area contributed by atoms with E-state index >= 15 is 0 Å². The molecule has 8 nitrogen and oxygen atoms in total. The number of hydrogen-bond donors (Lipinski definition) is 3. The van der Waals surface area contributed by atoms with E-state index in [0.717, 1.165) is 12.8 Å². The molecule has 1 saturated carbocycles. The van der Waals surface area contributed by atoms with E-state index in [0.29, 0.717) is 31.8 Å². The number of nitrogens with one attached hydrogen (secondary N) is 1. The van der Waals surface area contributed by atoms with Crippen LogP contribution in [0.15, 0.2) is 30.3 Å². The molecule has 0 radical (unpaired) electrons. The normalized spacial score (nSPS) is 25.8. The number of primary amides is 1. The first-order valence-corrected chi connectivity index (χ1v) is 9.73. The molecule has 28 heavy (non-hydrogen) atoms. The molecular weight excluding hydrogens is 362 g/mol. The summed E-state index contributed by atoms with van der Waals surface area (Å²) in [6.45, 7) is 1.28. The largest absolute Gasteiger partial charge is 0.446 e. The summed E-state index contributed by atoms with van der Waals surface area (Å²) in [5.74, 6) is -1.55. The maximum absolute atomic E-state index is 13.1. The summed E-state index contributed by atoms with van der Waals surface area (Å²) in [5.41, 5.74) is 8.00. The topological polar surface area (TPSA) is 122 Å². The molecule has 3 amide bonds. The molecule has 1 aromatic rings. The Hall–Kier alpha value is -2.61. The van der Waals surface area contributed by atoms with Gasteiger partial charge in [0.15, 0.2) is 0 Å². The molecular formula is C20H27N3O5. The van der Waals surface area contributed by atoms with Crippen molar-refractivity contribution in [3.63, 3.8) is 0 Å². The van der Waals surface area contributed by atoms with E-state index in [4.69, 9.17) is 15.7 Å². The lowest BCUT2D eigenvalue weighted by atomic mass is 9.76. The number of hydrogen-bond acceptors (Lipinski definition) is 5. The zero-order valence-corrected chi connectivity index (χ0v) is 15.8. The smallest absolute Gasteiger partial charge is 0.404 e. The van der Waals surface area contributed by atoms with Gasteiger partial charge in [-0.25, -0.2) is 10.3 Å². The van der Waals surface area contributed by atoms with Crippen molar-refractivity contribution in [2.45, 2.75) is 44.1 Å². The van der Waals surface area contributed by atoms with Crippen molar-refractivity contribution in [3.05, 3.63) is 35.9 Å². The third kappa shape index (κ3) is 4.62. The number of amides is 3. The Morgan fingerprint density at radius 3 is 2.32 bits per heavy atom. The van der Waals surface area contributed by atoms with Crippen LogP contribution < -0.4 is 11.2 Å². The predicted molar refractivity (Wildman–Crippen MR) is 100 cm³/mol. The van der Waals surface area contributed by atoms with Crippen LogP contribution >= 0.6 is 0 Å². The number of carbonyl (C=O) groups is 3. The second-order valence-corrected chi connectivity index (χ2v) is 7.57. The fraction of sp³-hybridized carbons (Fsp3) is 0.550. The van der Waals surface area contributed by atoms with Crippen LogP contribution in [0, 0.1) is 11.8 Å². The summed E-state index contributed by atoms with van der Waals surface area (Å²) >= 11 is 0. The summed E-state index contributed by atoms with van der Waals surface area (Å²) in [4.78, 5) is 38.0. The van der Waals surface area contributed by atoms with Crippen molar-refractivity contribution in [2.75, 3.05) is 13.1 Å². The molecule has 3 atom stereocenters. The first kappa shape index (κ1) is 20.1.